The van der Waals surface area contributed by atoms with Crippen LogP contribution >= 0.6 is 0 Å². The van der Waals surface area contributed by atoms with E-state index in [0.717, 1.165) is 25.7 Å². The van der Waals surface area contributed by atoms with Crippen molar-refractivity contribution < 1.29 is 13.2 Å². The van der Waals surface area contributed by atoms with Crippen LogP contribution in [0.1, 0.15) is 49.9 Å². The number of aromatic nitrogens is 2. The molecule has 0 radical (unpaired) electrons. The van der Waals surface area contributed by atoms with Crippen LogP contribution in [0.5, 0.6) is 0 Å². The van der Waals surface area contributed by atoms with E-state index in [9.17, 15) is 18.0 Å². The van der Waals surface area contributed by atoms with E-state index in [0.29, 0.717) is 22.3 Å². The summed E-state index contributed by atoms with van der Waals surface area (Å²) >= 11 is 0. The van der Waals surface area contributed by atoms with E-state index in [1.54, 1.807) is 24.3 Å². The molecule has 0 fully saturated rings. The molecule has 1 heterocycles. The number of amides is 1. The van der Waals surface area contributed by atoms with E-state index in [4.69, 9.17) is 0 Å². The van der Waals surface area contributed by atoms with Gasteiger partial charge in [0.25, 0.3) is 15.9 Å². The number of imidazole rings is 1. The summed E-state index contributed by atoms with van der Waals surface area (Å²) in [6.07, 6.45) is 4.27. The molecular weight excluding hydrogens is 404 g/mol. The maximum atomic E-state index is 12.6. The van der Waals surface area contributed by atoms with Gasteiger partial charge in [0.1, 0.15) is 0 Å². The largest absolute Gasteiger partial charge is 0.350 e. The maximum absolute atomic E-state index is 12.6. The number of carbonyl (C=O) groups excluding carboxylic acids is 1. The minimum atomic E-state index is -3.85. The highest BCUT2D eigenvalue weighted by atomic mass is 32.2. The van der Waals surface area contributed by atoms with Gasteiger partial charge in [0.05, 0.1) is 15.9 Å². The zero-order valence-corrected chi connectivity index (χ0v) is 17.8. The molecule has 0 bridgehead atoms. The van der Waals surface area contributed by atoms with Crippen molar-refractivity contribution in [3.63, 3.8) is 0 Å². The molecule has 0 aliphatic carbocycles. The molecule has 160 valence electrons. The summed E-state index contributed by atoms with van der Waals surface area (Å²) in [5.41, 5.74) is 1.33. The molecule has 3 aromatic rings. The van der Waals surface area contributed by atoms with E-state index in [1.807, 2.05) is 6.92 Å². The quantitative estimate of drug-likeness (QED) is 0.389. The van der Waals surface area contributed by atoms with Gasteiger partial charge in [-0.2, -0.15) is 0 Å². The summed E-state index contributed by atoms with van der Waals surface area (Å²) in [7, 11) is -3.85. The van der Waals surface area contributed by atoms with Crippen molar-refractivity contribution in [3.8, 4) is 0 Å². The molecule has 0 aliphatic rings. The number of carbonyl (C=O) groups is 1. The number of hydrogen-bond donors (Lipinski definition) is 4. The molecule has 0 spiro atoms. The van der Waals surface area contributed by atoms with Gasteiger partial charge in [-0.05, 0) is 55.8 Å². The molecule has 1 aromatic heterocycles. The zero-order valence-electron chi connectivity index (χ0n) is 17.0. The summed E-state index contributed by atoms with van der Waals surface area (Å²) < 4.78 is 27.8. The van der Waals surface area contributed by atoms with Crippen molar-refractivity contribution in [1.82, 2.24) is 15.3 Å². The molecule has 2 aromatic carbocycles. The number of fused-ring (bicyclic) bond motifs is 1. The minimum Gasteiger partial charge on any atom is -0.350 e. The number of hydrogen-bond acceptors (Lipinski definition) is 4. The van der Waals surface area contributed by atoms with Crippen LogP contribution in [0, 0.1) is 0 Å². The van der Waals surface area contributed by atoms with Crippen molar-refractivity contribution in [2.75, 3.05) is 4.72 Å². The van der Waals surface area contributed by atoms with Gasteiger partial charge < -0.3 is 15.3 Å². The highest BCUT2D eigenvalue weighted by molar-refractivity contribution is 7.92. The summed E-state index contributed by atoms with van der Waals surface area (Å²) in [6, 6.07) is 10.7. The van der Waals surface area contributed by atoms with Gasteiger partial charge in [0.15, 0.2) is 0 Å². The number of H-pyrrole nitrogens is 2. The van der Waals surface area contributed by atoms with Crippen LogP contribution in [-0.2, 0) is 10.0 Å². The highest BCUT2D eigenvalue weighted by Crippen LogP contribution is 2.19. The number of benzene rings is 2. The Bertz CT molecular complexity index is 1180. The predicted octanol–water partition coefficient (Wildman–Crippen LogP) is 3.36. The third-order valence-corrected chi connectivity index (χ3v) is 6.19. The highest BCUT2D eigenvalue weighted by Gasteiger charge is 2.16. The first-order valence-corrected chi connectivity index (χ1v) is 11.4. The number of aromatic amines is 2. The summed E-state index contributed by atoms with van der Waals surface area (Å²) in [5, 5.41) is 2.96. The molecule has 8 nitrogen and oxygen atoms in total. The second-order valence-corrected chi connectivity index (χ2v) is 9.02. The average molecular weight is 431 g/mol. The second kappa shape index (κ2) is 9.17. The number of unbranched alkanes of at least 4 members (excludes halogenated alkanes) is 2. The SMILES string of the molecule is CCCCCC(C)NC(=O)c1ccc(NS(=O)(=O)c2ccc3[nH]c(=O)[nH]c3c2)cc1. The summed E-state index contributed by atoms with van der Waals surface area (Å²) in [6.45, 7) is 4.11. The first kappa shape index (κ1) is 21.6. The fraction of sp³-hybridized carbons (Fsp3) is 0.333. The van der Waals surface area contributed by atoms with E-state index >= 15 is 0 Å². The van der Waals surface area contributed by atoms with Crippen LogP contribution in [0.2, 0.25) is 0 Å². The van der Waals surface area contributed by atoms with Gasteiger partial charge in [0.2, 0.25) is 0 Å². The van der Waals surface area contributed by atoms with E-state index in [2.05, 4.69) is 26.9 Å². The maximum Gasteiger partial charge on any atom is 0.323 e. The van der Waals surface area contributed by atoms with Crippen molar-refractivity contribution in [3.05, 3.63) is 58.5 Å². The van der Waals surface area contributed by atoms with Crippen LogP contribution in [0.25, 0.3) is 11.0 Å². The minimum absolute atomic E-state index is 0.0213. The fourth-order valence-electron chi connectivity index (χ4n) is 3.16. The van der Waals surface area contributed by atoms with Gasteiger partial charge in [-0.25, -0.2) is 13.2 Å². The second-order valence-electron chi connectivity index (χ2n) is 7.34. The zero-order chi connectivity index (χ0) is 21.7. The van der Waals surface area contributed by atoms with Crippen LogP contribution in [0.3, 0.4) is 0 Å². The lowest BCUT2D eigenvalue weighted by molar-refractivity contribution is 0.0938. The Hall–Kier alpha value is -3.07. The first-order valence-electron chi connectivity index (χ1n) is 9.94. The molecule has 1 unspecified atom stereocenters. The van der Waals surface area contributed by atoms with Gasteiger partial charge in [0, 0.05) is 17.3 Å². The van der Waals surface area contributed by atoms with E-state index < -0.39 is 15.7 Å². The van der Waals surface area contributed by atoms with Crippen molar-refractivity contribution in [2.45, 2.75) is 50.5 Å². The van der Waals surface area contributed by atoms with Gasteiger partial charge in [-0.15, -0.1) is 0 Å². The number of nitrogens with one attached hydrogen (secondary N) is 4. The smallest absolute Gasteiger partial charge is 0.323 e. The molecule has 4 N–H and O–H groups in total. The number of sulfonamides is 1. The topological polar surface area (TPSA) is 124 Å². The van der Waals surface area contributed by atoms with Gasteiger partial charge >= 0.3 is 5.69 Å². The Morgan fingerprint density at radius 2 is 1.73 bits per heavy atom. The Morgan fingerprint density at radius 3 is 2.43 bits per heavy atom. The lowest BCUT2D eigenvalue weighted by atomic mass is 10.1. The predicted molar refractivity (Wildman–Crippen MR) is 117 cm³/mol. The molecule has 0 saturated heterocycles. The Morgan fingerprint density at radius 1 is 1.03 bits per heavy atom. The van der Waals surface area contributed by atoms with Crippen LogP contribution in [0.4, 0.5) is 5.69 Å². The molecular formula is C21H26N4O4S. The summed E-state index contributed by atoms with van der Waals surface area (Å²) in [4.78, 5) is 28.8. The molecule has 9 heteroatoms. The molecule has 0 aliphatic heterocycles. The third kappa shape index (κ3) is 5.29. The average Bonchev–Trinajstić information content (AvgIpc) is 3.07. The molecule has 1 amide bonds. The monoisotopic (exact) mass is 430 g/mol. The van der Waals surface area contributed by atoms with E-state index in [1.165, 1.54) is 18.2 Å². The van der Waals surface area contributed by atoms with Gasteiger partial charge in [-0.1, -0.05) is 26.2 Å². The van der Waals surface area contributed by atoms with E-state index in [-0.39, 0.29) is 16.8 Å². The Labute approximate surface area is 175 Å². The molecule has 30 heavy (non-hydrogen) atoms. The van der Waals surface area contributed by atoms with Crippen molar-refractivity contribution in [2.24, 2.45) is 0 Å². The lowest BCUT2D eigenvalue weighted by Gasteiger charge is -2.14. The number of anilines is 1. The Kier molecular flexibility index (Phi) is 6.61. The molecule has 3 rings (SSSR count). The third-order valence-electron chi connectivity index (χ3n) is 4.82. The molecule has 0 saturated carbocycles. The summed E-state index contributed by atoms with van der Waals surface area (Å²) in [5.74, 6) is -0.185. The Balaban J connectivity index is 1.66. The van der Waals surface area contributed by atoms with Gasteiger partial charge in [-0.3, -0.25) is 9.52 Å². The standard InChI is InChI=1S/C21H26N4O4S/c1-3-4-5-6-14(2)22-20(26)15-7-9-16(10-8-15)25-30(28,29)17-11-12-18-19(13-17)24-21(27)23-18/h7-14,25H,3-6H2,1-2H3,(H,22,26)(H2,23,24,27). The van der Waals surface area contributed by atoms with Crippen LogP contribution < -0.4 is 15.7 Å². The lowest BCUT2D eigenvalue weighted by Crippen LogP contribution is -2.32. The molecule has 1 atom stereocenters. The normalized spacial score (nSPS) is 12.6. The van der Waals surface area contributed by atoms with Crippen molar-refractivity contribution >= 4 is 32.7 Å². The number of rotatable bonds is 9. The van der Waals surface area contributed by atoms with Crippen LogP contribution in [0.15, 0.2) is 52.2 Å². The first-order chi connectivity index (χ1) is 14.3. The van der Waals surface area contributed by atoms with Crippen LogP contribution in [-0.4, -0.2) is 30.3 Å². The fourth-order valence-corrected chi connectivity index (χ4v) is 4.25. The van der Waals surface area contributed by atoms with Crippen molar-refractivity contribution in [1.29, 1.82) is 0 Å².